The Morgan fingerprint density at radius 1 is 1.27 bits per heavy atom. The van der Waals surface area contributed by atoms with Gasteiger partial charge < -0.3 is 11.1 Å². The van der Waals surface area contributed by atoms with Crippen LogP contribution < -0.4 is 11.1 Å². The Hall–Kier alpha value is -2.21. The Morgan fingerprint density at radius 2 is 1.91 bits per heavy atom. The Morgan fingerprint density at radius 3 is 2.41 bits per heavy atom. The molecule has 0 fully saturated rings. The van der Waals surface area contributed by atoms with Gasteiger partial charge in [0.1, 0.15) is 9.88 Å². The number of benzene rings is 1. The van der Waals surface area contributed by atoms with Crippen molar-refractivity contribution in [2.45, 2.75) is 33.2 Å². The first kappa shape index (κ1) is 16.2. The van der Waals surface area contributed by atoms with Gasteiger partial charge in [-0.05, 0) is 30.5 Å². The first-order valence-corrected chi connectivity index (χ1v) is 7.84. The topological polar surface area (TPSA) is 85.1 Å². The van der Waals surface area contributed by atoms with E-state index in [1.165, 1.54) is 16.9 Å². The maximum absolute atomic E-state index is 12.1. The molecule has 22 heavy (non-hydrogen) atoms. The van der Waals surface area contributed by atoms with Crippen LogP contribution in [-0.2, 0) is 6.54 Å². The molecule has 2 aromatic rings. The molecule has 5 nitrogen and oxygen atoms in total. The number of nitrogens with zero attached hydrogens (tertiary/aromatic N) is 1. The summed E-state index contributed by atoms with van der Waals surface area (Å²) in [7, 11) is 0. The van der Waals surface area contributed by atoms with Crippen LogP contribution in [0, 0.1) is 6.92 Å². The van der Waals surface area contributed by atoms with Crippen molar-refractivity contribution in [1.82, 2.24) is 10.3 Å². The molecule has 0 aliphatic rings. The molecule has 0 aliphatic heterocycles. The Kier molecular flexibility index (Phi) is 4.92. The molecular formula is C16H19N3O2S. The number of primary amides is 1. The van der Waals surface area contributed by atoms with Crippen molar-refractivity contribution < 1.29 is 9.59 Å². The summed E-state index contributed by atoms with van der Waals surface area (Å²) < 4.78 is 0. The predicted molar refractivity (Wildman–Crippen MR) is 87.1 cm³/mol. The number of hydrogen-bond donors (Lipinski definition) is 2. The van der Waals surface area contributed by atoms with Crippen molar-refractivity contribution in [3.63, 3.8) is 0 Å². The van der Waals surface area contributed by atoms with Crippen LogP contribution in [0.1, 0.15) is 56.1 Å². The SMILES string of the molecule is Cc1nc(CNC(=O)c2ccc(C(C)C)cc2)sc1C(N)=O. The highest BCUT2D eigenvalue weighted by Crippen LogP contribution is 2.18. The average molecular weight is 317 g/mol. The molecule has 1 heterocycles. The first-order chi connectivity index (χ1) is 10.4. The van der Waals surface area contributed by atoms with Crippen molar-refractivity contribution in [2.75, 3.05) is 0 Å². The molecule has 0 unspecified atom stereocenters. The number of nitrogens with one attached hydrogen (secondary N) is 1. The lowest BCUT2D eigenvalue weighted by Gasteiger charge is -2.07. The molecule has 0 radical (unpaired) electrons. The molecule has 116 valence electrons. The molecule has 2 rings (SSSR count). The molecule has 3 N–H and O–H groups in total. The van der Waals surface area contributed by atoms with Gasteiger partial charge in [0.25, 0.3) is 11.8 Å². The lowest BCUT2D eigenvalue weighted by molar-refractivity contribution is 0.0949. The summed E-state index contributed by atoms with van der Waals surface area (Å²) in [5.74, 6) is -0.219. The van der Waals surface area contributed by atoms with Crippen LogP contribution >= 0.6 is 11.3 Å². The molecule has 1 aromatic carbocycles. The molecule has 0 aliphatic carbocycles. The highest BCUT2D eigenvalue weighted by atomic mass is 32.1. The molecule has 0 saturated carbocycles. The molecule has 6 heteroatoms. The van der Waals surface area contributed by atoms with Crippen LogP contribution in [-0.4, -0.2) is 16.8 Å². The minimum atomic E-state index is -0.489. The van der Waals surface area contributed by atoms with Gasteiger partial charge in [-0.15, -0.1) is 11.3 Å². The van der Waals surface area contributed by atoms with Gasteiger partial charge in [-0.3, -0.25) is 9.59 Å². The van der Waals surface area contributed by atoms with Gasteiger partial charge in [-0.2, -0.15) is 0 Å². The van der Waals surface area contributed by atoms with Crippen LogP contribution in [0.4, 0.5) is 0 Å². The van der Waals surface area contributed by atoms with Crippen molar-refractivity contribution >= 4 is 23.2 Å². The van der Waals surface area contributed by atoms with Gasteiger partial charge in [0.05, 0.1) is 12.2 Å². The number of hydrogen-bond acceptors (Lipinski definition) is 4. The minimum absolute atomic E-state index is 0.163. The normalized spacial score (nSPS) is 10.7. The summed E-state index contributed by atoms with van der Waals surface area (Å²) in [6.45, 7) is 6.22. The smallest absolute Gasteiger partial charge is 0.260 e. The van der Waals surface area contributed by atoms with Gasteiger partial charge in [-0.1, -0.05) is 26.0 Å². The van der Waals surface area contributed by atoms with Crippen LogP contribution in [0.2, 0.25) is 0 Å². The Labute approximate surface area is 133 Å². The summed E-state index contributed by atoms with van der Waals surface area (Å²) in [6.07, 6.45) is 0. The van der Waals surface area contributed by atoms with E-state index in [0.29, 0.717) is 27.1 Å². The van der Waals surface area contributed by atoms with E-state index in [4.69, 9.17) is 5.73 Å². The molecule has 1 aromatic heterocycles. The Bertz CT molecular complexity index is 690. The summed E-state index contributed by atoms with van der Waals surface area (Å²) in [5.41, 5.74) is 7.65. The molecule has 0 spiro atoms. The monoisotopic (exact) mass is 317 g/mol. The number of carbonyl (C=O) groups excluding carboxylic acids is 2. The zero-order valence-corrected chi connectivity index (χ0v) is 13.7. The Balaban J connectivity index is 2.00. The van der Waals surface area contributed by atoms with Gasteiger partial charge in [0.2, 0.25) is 0 Å². The standard InChI is InChI=1S/C16H19N3O2S/c1-9(2)11-4-6-12(7-5-11)16(21)18-8-13-19-10(3)14(22-13)15(17)20/h4-7,9H,8H2,1-3H3,(H2,17,20)(H,18,21). The van der Waals surface area contributed by atoms with Gasteiger partial charge >= 0.3 is 0 Å². The average Bonchev–Trinajstić information content (AvgIpc) is 2.86. The van der Waals surface area contributed by atoms with Crippen LogP contribution in [0.3, 0.4) is 0 Å². The van der Waals surface area contributed by atoms with E-state index >= 15 is 0 Å². The number of amides is 2. The fourth-order valence-electron chi connectivity index (χ4n) is 2.03. The third-order valence-corrected chi connectivity index (χ3v) is 4.48. The second-order valence-electron chi connectivity index (χ2n) is 5.35. The zero-order valence-electron chi connectivity index (χ0n) is 12.8. The highest BCUT2D eigenvalue weighted by molar-refractivity contribution is 7.13. The molecule has 0 atom stereocenters. The summed E-state index contributed by atoms with van der Waals surface area (Å²) in [4.78, 5) is 28.0. The van der Waals surface area contributed by atoms with Crippen molar-refractivity contribution in [3.05, 3.63) is 51.0 Å². The van der Waals surface area contributed by atoms with E-state index in [1.54, 1.807) is 6.92 Å². The second-order valence-corrected chi connectivity index (χ2v) is 6.43. The molecular weight excluding hydrogens is 298 g/mol. The third-order valence-electron chi connectivity index (χ3n) is 3.30. The second kappa shape index (κ2) is 6.70. The van der Waals surface area contributed by atoms with Crippen molar-refractivity contribution in [1.29, 1.82) is 0 Å². The van der Waals surface area contributed by atoms with E-state index < -0.39 is 5.91 Å². The van der Waals surface area contributed by atoms with E-state index in [9.17, 15) is 9.59 Å². The minimum Gasteiger partial charge on any atom is -0.365 e. The number of carbonyl (C=O) groups is 2. The highest BCUT2D eigenvalue weighted by Gasteiger charge is 2.13. The van der Waals surface area contributed by atoms with E-state index in [1.807, 2.05) is 24.3 Å². The summed E-state index contributed by atoms with van der Waals surface area (Å²) in [6, 6.07) is 7.54. The number of thiazole rings is 1. The van der Waals surface area contributed by atoms with E-state index in [0.717, 1.165) is 0 Å². The zero-order chi connectivity index (χ0) is 16.3. The van der Waals surface area contributed by atoms with Crippen LogP contribution in [0.25, 0.3) is 0 Å². The molecule has 0 saturated heterocycles. The first-order valence-electron chi connectivity index (χ1n) is 7.02. The number of rotatable bonds is 5. The van der Waals surface area contributed by atoms with Crippen molar-refractivity contribution in [2.24, 2.45) is 5.73 Å². The predicted octanol–water partition coefficient (Wildman–Crippen LogP) is 2.60. The summed E-state index contributed by atoms with van der Waals surface area (Å²) >= 11 is 1.21. The quantitative estimate of drug-likeness (QED) is 0.889. The third kappa shape index (κ3) is 3.71. The number of aryl methyl sites for hydroxylation is 1. The van der Waals surface area contributed by atoms with Gasteiger partial charge in [0, 0.05) is 5.56 Å². The van der Waals surface area contributed by atoms with Crippen molar-refractivity contribution in [3.8, 4) is 0 Å². The maximum atomic E-state index is 12.1. The van der Waals surface area contributed by atoms with Crippen LogP contribution in [0.15, 0.2) is 24.3 Å². The van der Waals surface area contributed by atoms with Gasteiger partial charge in [0.15, 0.2) is 0 Å². The van der Waals surface area contributed by atoms with E-state index in [-0.39, 0.29) is 12.5 Å². The summed E-state index contributed by atoms with van der Waals surface area (Å²) in [5, 5.41) is 3.47. The number of aromatic nitrogens is 1. The lowest BCUT2D eigenvalue weighted by atomic mass is 10.0. The van der Waals surface area contributed by atoms with E-state index in [2.05, 4.69) is 24.1 Å². The van der Waals surface area contributed by atoms with Crippen LogP contribution in [0.5, 0.6) is 0 Å². The fourth-order valence-corrected chi connectivity index (χ4v) is 2.89. The van der Waals surface area contributed by atoms with Gasteiger partial charge in [-0.25, -0.2) is 4.98 Å². The largest absolute Gasteiger partial charge is 0.365 e. The lowest BCUT2D eigenvalue weighted by Crippen LogP contribution is -2.22. The molecule has 2 amide bonds. The maximum Gasteiger partial charge on any atom is 0.260 e. The number of nitrogens with two attached hydrogens (primary N) is 1. The fraction of sp³-hybridized carbons (Fsp3) is 0.312. The molecule has 0 bridgehead atoms.